The highest BCUT2D eigenvalue weighted by Gasteiger charge is 2.19. The summed E-state index contributed by atoms with van der Waals surface area (Å²) in [7, 11) is 0. The van der Waals surface area contributed by atoms with Crippen LogP contribution in [0.25, 0.3) is 10.8 Å². The van der Waals surface area contributed by atoms with Gasteiger partial charge in [-0.2, -0.15) is 0 Å². The van der Waals surface area contributed by atoms with Crippen LogP contribution in [0.3, 0.4) is 0 Å². The van der Waals surface area contributed by atoms with Crippen molar-refractivity contribution in [3.63, 3.8) is 0 Å². The lowest BCUT2D eigenvalue weighted by Crippen LogP contribution is -2.13. The van der Waals surface area contributed by atoms with Crippen LogP contribution in [0.15, 0.2) is 24.3 Å². The zero-order valence-electron chi connectivity index (χ0n) is 15.6. The van der Waals surface area contributed by atoms with Gasteiger partial charge in [-0.3, -0.25) is 0 Å². The van der Waals surface area contributed by atoms with Crippen molar-refractivity contribution >= 4 is 23.1 Å². The van der Waals surface area contributed by atoms with Gasteiger partial charge >= 0.3 is 12.3 Å². The molecule has 0 atom stereocenters. The van der Waals surface area contributed by atoms with Gasteiger partial charge in [-0.15, -0.1) is 0 Å². The number of aryl methyl sites for hydroxylation is 2. The fourth-order valence-corrected chi connectivity index (χ4v) is 2.62. The molecule has 0 aliphatic rings. The topological polar surface area (TPSA) is 71.1 Å². The number of rotatable bonds is 6. The van der Waals surface area contributed by atoms with Crippen LogP contribution in [0.1, 0.15) is 38.8 Å². The second-order valence-electron chi connectivity index (χ2n) is 5.52. The lowest BCUT2D eigenvalue weighted by atomic mass is 9.99. The predicted octanol–water partition coefficient (Wildman–Crippen LogP) is 5.04. The van der Waals surface area contributed by atoms with Crippen LogP contribution in [-0.4, -0.2) is 25.5 Å². The minimum absolute atomic E-state index is 0.224. The number of hydrogen-bond donors (Lipinski definition) is 0. The maximum atomic E-state index is 11.8. The zero-order valence-corrected chi connectivity index (χ0v) is 15.6. The summed E-state index contributed by atoms with van der Waals surface area (Å²) in [4.78, 5) is 23.7. The van der Waals surface area contributed by atoms with Crippen molar-refractivity contribution in [2.45, 2.75) is 40.5 Å². The van der Waals surface area contributed by atoms with E-state index in [1.165, 1.54) is 0 Å². The summed E-state index contributed by atoms with van der Waals surface area (Å²) in [5.41, 5.74) is 1.80. The van der Waals surface area contributed by atoms with Gasteiger partial charge in [0.2, 0.25) is 0 Å². The summed E-state index contributed by atoms with van der Waals surface area (Å²) in [5.74, 6) is 0.793. The first-order valence-electron chi connectivity index (χ1n) is 8.81. The molecule has 0 aromatic heterocycles. The van der Waals surface area contributed by atoms with Crippen molar-refractivity contribution in [3.05, 3.63) is 35.4 Å². The summed E-state index contributed by atoms with van der Waals surface area (Å²) in [5, 5.41) is 1.35. The van der Waals surface area contributed by atoms with E-state index in [1.54, 1.807) is 19.9 Å². The van der Waals surface area contributed by atoms with Gasteiger partial charge in [0.1, 0.15) is 11.5 Å². The third kappa shape index (κ3) is 4.45. The molecule has 140 valence electrons. The molecule has 2 aromatic carbocycles. The average Bonchev–Trinajstić information content (AvgIpc) is 2.63. The molecule has 0 heterocycles. The molecule has 0 spiro atoms. The maximum absolute atomic E-state index is 11.8. The Bertz CT molecular complexity index is 796. The average molecular weight is 360 g/mol. The van der Waals surface area contributed by atoms with Gasteiger partial charge in [-0.25, -0.2) is 9.59 Å². The van der Waals surface area contributed by atoms with Gasteiger partial charge < -0.3 is 18.9 Å². The lowest BCUT2D eigenvalue weighted by Gasteiger charge is -2.16. The number of carbonyl (C=O) groups is 2. The Morgan fingerprint density at radius 1 is 0.808 bits per heavy atom. The molecular weight excluding hydrogens is 336 g/mol. The van der Waals surface area contributed by atoms with Gasteiger partial charge in [0, 0.05) is 10.8 Å². The van der Waals surface area contributed by atoms with E-state index in [0.29, 0.717) is 28.7 Å². The van der Waals surface area contributed by atoms with Crippen molar-refractivity contribution in [2.24, 2.45) is 0 Å². The molecule has 0 amide bonds. The SMILES string of the molecule is CCOC(=O)Oc1cc(CC)c(OC(=O)OCC)c2ccc(CC)cc12. The molecule has 0 unspecified atom stereocenters. The van der Waals surface area contributed by atoms with Gasteiger partial charge in [0.05, 0.1) is 13.2 Å². The van der Waals surface area contributed by atoms with Crippen molar-refractivity contribution in [1.82, 2.24) is 0 Å². The molecule has 2 rings (SSSR count). The highest BCUT2D eigenvalue weighted by atomic mass is 16.7. The minimum atomic E-state index is -0.767. The minimum Gasteiger partial charge on any atom is -0.434 e. The summed E-state index contributed by atoms with van der Waals surface area (Å²) >= 11 is 0. The largest absolute Gasteiger partial charge is 0.513 e. The first kappa shape index (κ1) is 19.6. The second-order valence-corrected chi connectivity index (χ2v) is 5.52. The summed E-state index contributed by atoms with van der Waals surface area (Å²) in [6.07, 6.45) is -0.128. The molecule has 0 saturated carbocycles. The molecular formula is C20H24O6. The highest BCUT2D eigenvalue weighted by Crippen LogP contribution is 2.38. The van der Waals surface area contributed by atoms with Crippen molar-refractivity contribution in [3.8, 4) is 11.5 Å². The van der Waals surface area contributed by atoms with Crippen LogP contribution in [0.2, 0.25) is 0 Å². The summed E-state index contributed by atoms with van der Waals surface area (Å²) in [6.45, 7) is 7.83. The first-order valence-corrected chi connectivity index (χ1v) is 8.81. The third-order valence-corrected chi connectivity index (χ3v) is 3.88. The van der Waals surface area contributed by atoms with Gasteiger partial charge in [0.15, 0.2) is 0 Å². The molecule has 0 aliphatic carbocycles. The molecule has 0 aliphatic heterocycles. The molecule has 0 saturated heterocycles. The molecule has 0 N–H and O–H groups in total. The van der Waals surface area contributed by atoms with E-state index >= 15 is 0 Å². The normalized spacial score (nSPS) is 10.5. The number of carbonyl (C=O) groups excluding carboxylic acids is 2. The molecule has 6 nitrogen and oxygen atoms in total. The molecule has 26 heavy (non-hydrogen) atoms. The summed E-state index contributed by atoms with van der Waals surface area (Å²) in [6, 6.07) is 7.43. The Kier molecular flexibility index (Phi) is 6.83. The quantitative estimate of drug-likeness (QED) is 0.531. The van der Waals surface area contributed by atoms with Crippen LogP contribution in [-0.2, 0) is 22.3 Å². The van der Waals surface area contributed by atoms with Crippen LogP contribution < -0.4 is 9.47 Å². The van der Waals surface area contributed by atoms with Gasteiger partial charge in [-0.1, -0.05) is 26.0 Å². The monoisotopic (exact) mass is 360 g/mol. The highest BCUT2D eigenvalue weighted by molar-refractivity contribution is 5.97. The number of hydrogen-bond acceptors (Lipinski definition) is 6. The van der Waals surface area contributed by atoms with Crippen molar-refractivity contribution in [1.29, 1.82) is 0 Å². The van der Waals surface area contributed by atoms with Crippen molar-refractivity contribution < 1.29 is 28.5 Å². The Balaban J connectivity index is 2.60. The Hall–Kier alpha value is -2.76. The number of ether oxygens (including phenoxy) is 4. The van der Waals surface area contributed by atoms with E-state index in [-0.39, 0.29) is 13.2 Å². The Morgan fingerprint density at radius 2 is 1.46 bits per heavy atom. The first-order chi connectivity index (χ1) is 12.5. The maximum Gasteiger partial charge on any atom is 0.513 e. The zero-order chi connectivity index (χ0) is 19.1. The van der Waals surface area contributed by atoms with Crippen LogP contribution in [0.5, 0.6) is 11.5 Å². The van der Waals surface area contributed by atoms with E-state index in [0.717, 1.165) is 17.5 Å². The summed E-state index contributed by atoms with van der Waals surface area (Å²) < 4.78 is 20.6. The van der Waals surface area contributed by atoms with E-state index in [9.17, 15) is 9.59 Å². The van der Waals surface area contributed by atoms with E-state index in [2.05, 4.69) is 0 Å². The molecule has 0 fully saturated rings. The number of fused-ring (bicyclic) bond motifs is 1. The predicted molar refractivity (Wildman–Crippen MR) is 98.0 cm³/mol. The Labute approximate surface area is 153 Å². The van der Waals surface area contributed by atoms with E-state index in [4.69, 9.17) is 18.9 Å². The second kappa shape index (κ2) is 9.08. The van der Waals surface area contributed by atoms with Gasteiger partial charge in [0.25, 0.3) is 0 Å². The van der Waals surface area contributed by atoms with E-state index < -0.39 is 12.3 Å². The molecule has 0 radical (unpaired) electrons. The molecule has 6 heteroatoms. The Morgan fingerprint density at radius 3 is 2.04 bits per heavy atom. The van der Waals surface area contributed by atoms with Gasteiger partial charge in [-0.05, 0) is 49.9 Å². The van der Waals surface area contributed by atoms with Crippen LogP contribution >= 0.6 is 0 Å². The van der Waals surface area contributed by atoms with Crippen LogP contribution in [0.4, 0.5) is 9.59 Å². The smallest absolute Gasteiger partial charge is 0.434 e. The fourth-order valence-electron chi connectivity index (χ4n) is 2.62. The third-order valence-electron chi connectivity index (χ3n) is 3.88. The van der Waals surface area contributed by atoms with Crippen LogP contribution in [0, 0.1) is 0 Å². The molecule has 0 bridgehead atoms. The fraction of sp³-hybridized carbons (Fsp3) is 0.400. The van der Waals surface area contributed by atoms with E-state index in [1.807, 2.05) is 32.0 Å². The number of benzene rings is 2. The lowest BCUT2D eigenvalue weighted by molar-refractivity contribution is 0.102. The molecule has 2 aromatic rings. The standard InChI is InChI=1S/C20H24O6/c1-5-13-9-10-15-16(11-13)17(25-19(21)23-7-3)12-14(6-2)18(15)26-20(22)24-8-4/h9-12H,5-8H2,1-4H3. The van der Waals surface area contributed by atoms with Crippen molar-refractivity contribution in [2.75, 3.05) is 13.2 Å².